The molecule has 1 heterocycles. The lowest BCUT2D eigenvalue weighted by Crippen LogP contribution is -2.34. The second-order valence-electron chi connectivity index (χ2n) is 9.63. The Morgan fingerprint density at radius 3 is 2.00 bits per heavy atom. The predicted molar refractivity (Wildman–Crippen MR) is 150 cm³/mol. The smallest absolute Gasteiger partial charge is 0.295 e. The Kier molecular flexibility index (Phi) is 11.2. The number of hydrogen-bond donors (Lipinski definition) is 1. The number of aliphatic hydroxyl groups excluding tert-OH is 1. The molecule has 38 heavy (non-hydrogen) atoms. The van der Waals surface area contributed by atoms with Gasteiger partial charge in [0, 0.05) is 12.1 Å². The molecule has 1 aliphatic heterocycles. The van der Waals surface area contributed by atoms with Crippen molar-refractivity contribution in [3.63, 3.8) is 0 Å². The molecule has 0 radical (unpaired) electrons. The fraction of sp³-hybridized carbons (Fsp3) is 0.484. The topological polar surface area (TPSA) is 79.3 Å². The molecule has 1 unspecified atom stereocenters. The van der Waals surface area contributed by atoms with E-state index in [0.29, 0.717) is 30.2 Å². The number of methoxy groups -OCH3 is 1. The summed E-state index contributed by atoms with van der Waals surface area (Å²) in [5.74, 6) is -0.0647. The van der Waals surface area contributed by atoms with Crippen LogP contribution in [0.3, 0.4) is 0 Å². The summed E-state index contributed by atoms with van der Waals surface area (Å²) in [5.41, 5.74) is 1.33. The van der Waals surface area contributed by atoms with Crippen molar-refractivity contribution >= 4 is 17.4 Å². The molecule has 2 aromatic carbocycles. The number of ketones is 1. The lowest BCUT2D eigenvalue weighted by molar-refractivity contribution is -0.140. The number of benzene rings is 2. The van der Waals surface area contributed by atoms with E-state index in [4.69, 9.17) is 9.47 Å². The molecule has 1 atom stereocenters. The monoisotopic (exact) mass is 522 g/mol. The molecule has 0 saturated carbocycles. The largest absolute Gasteiger partial charge is 0.507 e. The molecule has 3 rings (SSSR count). The molecule has 0 spiro atoms. The standard InChI is InChI=1S/C31H42N2O5/c1-5-8-19-32(20-9-6-2)21-10-22-33-28(23-11-17-26(18-12-23)38-7-3)27(30(35)31(33)36)29(34)24-13-15-25(37-4)16-14-24/h11-18,28,34H,5-10,19-22H2,1-4H3/b29-27+. The van der Waals surface area contributed by atoms with Crippen LogP contribution in [-0.2, 0) is 9.59 Å². The van der Waals surface area contributed by atoms with Gasteiger partial charge in [0.25, 0.3) is 11.7 Å². The summed E-state index contributed by atoms with van der Waals surface area (Å²) < 4.78 is 10.8. The van der Waals surface area contributed by atoms with E-state index in [1.165, 1.54) is 0 Å². The zero-order valence-electron chi connectivity index (χ0n) is 23.2. The quantitative estimate of drug-likeness (QED) is 0.181. The number of hydrogen-bond acceptors (Lipinski definition) is 6. The summed E-state index contributed by atoms with van der Waals surface area (Å²) in [6.45, 7) is 10.2. The van der Waals surface area contributed by atoms with Gasteiger partial charge in [0.1, 0.15) is 17.3 Å². The minimum absolute atomic E-state index is 0.109. The highest BCUT2D eigenvalue weighted by atomic mass is 16.5. The summed E-state index contributed by atoms with van der Waals surface area (Å²) in [6.07, 6.45) is 5.31. The minimum atomic E-state index is -0.674. The van der Waals surface area contributed by atoms with E-state index in [1.54, 1.807) is 36.3 Å². The van der Waals surface area contributed by atoms with Crippen LogP contribution in [0.1, 0.15) is 70.0 Å². The van der Waals surface area contributed by atoms with Crippen molar-refractivity contribution in [1.29, 1.82) is 0 Å². The number of unbranched alkanes of at least 4 members (excludes halogenated alkanes) is 2. The number of likely N-dealkylation sites (tertiary alicyclic amines) is 1. The highest BCUT2D eigenvalue weighted by Crippen LogP contribution is 2.40. The van der Waals surface area contributed by atoms with Gasteiger partial charge in [0.2, 0.25) is 0 Å². The van der Waals surface area contributed by atoms with Gasteiger partial charge in [0.05, 0.1) is 25.3 Å². The van der Waals surface area contributed by atoms with Gasteiger partial charge in [-0.2, -0.15) is 0 Å². The fourth-order valence-electron chi connectivity index (χ4n) is 4.84. The van der Waals surface area contributed by atoms with Gasteiger partial charge in [-0.1, -0.05) is 38.8 Å². The van der Waals surface area contributed by atoms with Crippen molar-refractivity contribution in [2.75, 3.05) is 39.9 Å². The summed E-state index contributed by atoms with van der Waals surface area (Å²) in [5, 5.41) is 11.3. The van der Waals surface area contributed by atoms with Crippen molar-refractivity contribution in [3.05, 3.63) is 65.2 Å². The molecule has 1 N–H and O–H groups in total. The van der Waals surface area contributed by atoms with Gasteiger partial charge in [-0.05, 0) is 87.8 Å². The second-order valence-corrected chi connectivity index (χ2v) is 9.63. The maximum atomic E-state index is 13.3. The third-order valence-electron chi connectivity index (χ3n) is 6.94. The minimum Gasteiger partial charge on any atom is -0.507 e. The van der Waals surface area contributed by atoms with Crippen molar-refractivity contribution < 1.29 is 24.2 Å². The zero-order valence-corrected chi connectivity index (χ0v) is 23.2. The lowest BCUT2D eigenvalue weighted by atomic mass is 9.95. The Labute approximate surface area is 227 Å². The van der Waals surface area contributed by atoms with Crippen LogP contribution in [0.4, 0.5) is 0 Å². The molecule has 1 fully saturated rings. The summed E-state index contributed by atoms with van der Waals surface area (Å²) in [4.78, 5) is 30.7. The van der Waals surface area contributed by atoms with Crippen LogP contribution in [0, 0.1) is 0 Å². The number of aliphatic hydroxyl groups is 1. The van der Waals surface area contributed by atoms with E-state index in [-0.39, 0.29) is 11.3 Å². The molecule has 1 aliphatic rings. The average Bonchev–Trinajstić information content (AvgIpc) is 3.19. The number of nitrogens with zero attached hydrogens (tertiary/aromatic N) is 2. The normalized spacial score (nSPS) is 16.9. The van der Waals surface area contributed by atoms with Crippen LogP contribution in [0.25, 0.3) is 5.76 Å². The molecule has 7 nitrogen and oxygen atoms in total. The van der Waals surface area contributed by atoms with Crippen molar-refractivity contribution in [3.8, 4) is 11.5 Å². The van der Waals surface area contributed by atoms with Gasteiger partial charge in [0.15, 0.2) is 0 Å². The molecule has 0 aromatic heterocycles. The Bertz CT molecular complexity index is 1070. The van der Waals surface area contributed by atoms with Crippen LogP contribution >= 0.6 is 0 Å². The van der Waals surface area contributed by atoms with Crippen LogP contribution in [-0.4, -0.2) is 66.5 Å². The first-order chi connectivity index (χ1) is 18.4. The Morgan fingerprint density at radius 1 is 0.868 bits per heavy atom. The highest BCUT2D eigenvalue weighted by molar-refractivity contribution is 6.46. The van der Waals surface area contributed by atoms with Gasteiger partial charge in [-0.3, -0.25) is 9.59 Å². The summed E-state index contributed by atoms with van der Waals surface area (Å²) in [7, 11) is 1.57. The van der Waals surface area contributed by atoms with Gasteiger partial charge >= 0.3 is 0 Å². The maximum Gasteiger partial charge on any atom is 0.295 e. The maximum absolute atomic E-state index is 13.3. The molecule has 0 aliphatic carbocycles. The van der Waals surface area contributed by atoms with Gasteiger partial charge in [-0.15, -0.1) is 0 Å². The van der Waals surface area contributed by atoms with Crippen LogP contribution in [0.2, 0.25) is 0 Å². The summed E-state index contributed by atoms with van der Waals surface area (Å²) in [6, 6.07) is 13.6. The van der Waals surface area contributed by atoms with E-state index < -0.39 is 17.7 Å². The molecule has 206 valence electrons. The molecular formula is C31H42N2O5. The van der Waals surface area contributed by atoms with Crippen LogP contribution in [0.5, 0.6) is 11.5 Å². The van der Waals surface area contributed by atoms with Crippen molar-refractivity contribution in [2.45, 2.75) is 58.9 Å². The predicted octanol–water partition coefficient (Wildman–Crippen LogP) is 5.81. The molecule has 2 aromatic rings. The van der Waals surface area contributed by atoms with Crippen molar-refractivity contribution in [1.82, 2.24) is 9.80 Å². The number of carbonyl (C=O) groups excluding carboxylic acids is 2. The molecular weight excluding hydrogens is 480 g/mol. The number of amides is 1. The number of rotatable bonds is 15. The number of ether oxygens (including phenoxy) is 2. The van der Waals surface area contributed by atoms with E-state index >= 15 is 0 Å². The van der Waals surface area contributed by atoms with Crippen LogP contribution in [0.15, 0.2) is 54.1 Å². The second kappa shape index (κ2) is 14.6. The lowest BCUT2D eigenvalue weighted by Gasteiger charge is -2.27. The van der Waals surface area contributed by atoms with Crippen LogP contribution < -0.4 is 9.47 Å². The van der Waals surface area contributed by atoms with E-state index in [2.05, 4.69) is 18.7 Å². The van der Waals surface area contributed by atoms with E-state index in [9.17, 15) is 14.7 Å². The SMILES string of the molecule is CCCCN(CCCC)CCCN1C(=O)C(=O)/C(=C(/O)c2ccc(OC)cc2)C1c1ccc(OCC)cc1. The van der Waals surface area contributed by atoms with Crippen molar-refractivity contribution in [2.24, 2.45) is 0 Å². The average molecular weight is 523 g/mol. The van der Waals surface area contributed by atoms with Gasteiger partial charge < -0.3 is 24.4 Å². The highest BCUT2D eigenvalue weighted by Gasteiger charge is 2.45. The molecule has 0 bridgehead atoms. The van der Waals surface area contributed by atoms with E-state index in [0.717, 1.165) is 57.3 Å². The third kappa shape index (κ3) is 7.16. The molecule has 1 amide bonds. The molecule has 1 saturated heterocycles. The summed E-state index contributed by atoms with van der Waals surface area (Å²) >= 11 is 0. The van der Waals surface area contributed by atoms with E-state index in [1.807, 2.05) is 31.2 Å². The number of Topliss-reactive ketones (excluding diaryl/α,β-unsaturated/α-hetero) is 1. The first kappa shape index (κ1) is 29.2. The fourth-order valence-corrected chi connectivity index (χ4v) is 4.84. The Morgan fingerprint density at radius 2 is 1.45 bits per heavy atom. The first-order valence-corrected chi connectivity index (χ1v) is 13.8. The molecule has 7 heteroatoms. The Hall–Kier alpha value is -3.32. The first-order valence-electron chi connectivity index (χ1n) is 13.8. The van der Waals surface area contributed by atoms with Gasteiger partial charge in [-0.25, -0.2) is 0 Å². The third-order valence-corrected chi connectivity index (χ3v) is 6.94. The zero-order chi connectivity index (χ0) is 27.5. The number of carbonyl (C=O) groups is 2. The Balaban J connectivity index is 1.92.